The van der Waals surface area contributed by atoms with Gasteiger partial charge < -0.3 is 62.2 Å². The average molecular weight is 887 g/mol. The molecule has 5 unspecified atom stereocenters. The fourth-order valence-electron chi connectivity index (χ4n) is 7.16. The molecule has 11 N–H and O–H groups in total. The van der Waals surface area contributed by atoms with Gasteiger partial charge in [0.1, 0.15) is 48.6 Å². The molecule has 0 aliphatic carbocycles. The van der Waals surface area contributed by atoms with E-state index in [0.29, 0.717) is 25.8 Å². The number of ether oxygens (including phenoxy) is 2. The molecule has 6 amide bonds. The van der Waals surface area contributed by atoms with Gasteiger partial charge in [-0.05, 0) is 46.0 Å². The third-order valence-corrected chi connectivity index (χ3v) is 10.9. The van der Waals surface area contributed by atoms with Crippen LogP contribution < -0.4 is 32.3 Å². The van der Waals surface area contributed by atoms with Crippen molar-refractivity contribution in [3.05, 3.63) is 0 Å². The quantitative estimate of drug-likeness (QED) is 0.0406. The van der Waals surface area contributed by atoms with Gasteiger partial charge in [-0.2, -0.15) is 0 Å². The van der Waals surface area contributed by atoms with Crippen molar-refractivity contribution in [1.82, 2.24) is 26.6 Å². The van der Waals surface area contributed by atoms with Gasteiger partial charge in [0.15, 0.2) is 6.29 Å². The summed E-state index contributed by atoms with van der Waals surface area (Å²) >= 11 is 0. The Balaban J connectivity index is 2.36. The Morgan fingerprint density at radius 3 is 1.77 bits per heavy atom. The number of carboxylic acid groups (broad SMARTS) is 1. The second kappa shape index (κ2) is 32.7. The summed E-state index contributed by atoms with van der Waals surface area (Å²) < 4.78 is 10.8. The van der Waals surface area contributed by atoms with Crippen molar-refractivity contribution in [2.24, 2.45) is 5.73 Å². The number of rotatable bonds is 35. The number of aliphatic hydroxyl groups excluding tert-OH is 3. The van der Waals surface area contributed by atoms with Crippen LogP contribution >= 0.6 is 0 Å². The molecule has 358 valence electrons. The van der Waals surface area contributed by atoms with Crippen LogP contribution in [0, 0.1) is 0 Å². The van der Waals surface area contributed by atoms with Crippen LogP contribution in [-0.2, 0) is 43.0 Å². The molecule has 1 aliphatic heterocycles. The number of nitrogens with two attached hydrogens (primary N) is 1. The second-order valence-electron chi connectivity index (χ2n) is 16.4. The monoisotopic (exact) mass is 887 g/mol. The van der Waals surface area contributed by atoms with Crippen molar-refractivity contribution < 1.29 is 63.5 Å². The SMILES string of the molecule is CCCCCCCCCCCCCCCCCC(=O)NCCCC[C@H](NC(=O)CC[C@@H](NC(=O)[C@H](C)NC(=O)[C@@H](C)OC1C(O)C(CO)OC(O)C1NC(C)=O)C(N)=O)C(=O)O. The fourth-order valence-corrected chi connectivity index (χ4v) is 7.16. The number of amides is 6. The molecule has 0 radical (unpaired) electrons. The predicted octanol–water partition coefficient (Wildman–Crippen LogP) is 1.71. The van der Waals surface area contributed by atoms with E-state index in [9.17, 15) is 54.0 Å². The van der Waals surface area contributed by atoms with Crippen LogP contribution in [0.1, 0.15) is 163 Å². The molecule has 0 spiro atoms. The lowest BCUT2D eigenvalue weighted by molar-refractivity contribution is -0.266. The number of primary amides is 1. The Bertz CT molecular complexity index is 1360. The van der Waals surface area contributed by atoms with Crippen molar-refractivity contribution in [3.63, 3.8) is 0 Å². The van der Waals surface area contributed by atoms with E-state index in [1.165, 1.54) is 90.9 Å². The van der Waals surface area contributed by atoms with E-state index >= 15 is 0 Å². The van der Waals surface area contributed by atoms with Gasteiger partial charge in [0.05, 0.1) is 6.61 Å². The van der Waals surface area contributed by atoms with Gasteiger partial charge in [-0.15, -0.1) is 0 Å². The summed E-state index contributed by atoms with van der Waals surface area (Å²) in [6.45, 7) is 5.65. The number of nitrogens with one attached hydrogen (secondary N) is 5. The summed E-state index contributed by atoms with van der Waals surface area (Å²) in [5, 5.41) is 52.5. The molecule has 0 aromatic heterocycles. The highest BCUT2D eigenvalue weighted by atomic mass is 16.6. The van der Waals surface area contributed by atoms with Crippen molar-refractivity contribution in [3.8, 4) is 0 Å². The number of carboxylic acids is 1. The first-order chi connectivity index (χ1) is 29.5. The molecule has 19 nitrogen and oxygen atoms in total. The Labute approximate surface area is 367 Å². The predicted molar refractivity (Wildman–Crippen MR) is 230 cm³/mol. The molecule has 1 saturated heterocycles. The second-order valence-corrected chi connectivity index (χ2v) is 16.4. The number of carbonyl (C=O) groups excluding carboxylic acids is 6. The van der Waals surface area contributed by atoms with E-state index in [4.69, 9.17) is 15.2 Å². The first-order valence-electron chi connectivity index (χ1n) is 22.8. The van der Waals surface area contributed by atoms with Crippen molar-refractivity contribution in [1.29, 1.82) is 0 Å². The zero-order chi connectivity index (χ0) is 46.5. The molecule has 0 bridgehead atoms. The average Bonchev–Trinajstić information content (AvgIpc) is 3.22. The maximum Gasteiger partial charge on any atom is 0.326 e. The van der Waals surface area contributed by atoms with Gasteiger partial charge in [0, 0.05) is 26.3 Å². The summed E-state index contributed by atoms with van der Waals surface area (Å²) in [6, 6.07) is -5.14. The fraction of sp³-hybridized carbons (Fsp3) is 0.837. The number of carbonyl (C=O) groups is 7. The lowest BCUT2D eigenvalue weighted by Crippen LogP contribution is -2.65. The molecule has 62 heavy (non-hydrogen) atoms. The van der Waals surface area contributed by atoms with E-state index < -0.39 is 97.0 Å². The molecule has 1 rings (SSSR count). The summed E-state index contributed by atoms with van der Waals surface area (Å²) in [5.41, 5.74) is 5.45. The van der Waals surface area contributed by atoms with Gasteiger partial charge in [-0.3, -0.25) is 28.8 Å². The first kappa shape index (κ1) is 56.1. The molecule has 19 heteroatoms. The van der Waals surface area contributed by atoms with Gasteiger partial charge in [0.25, 0.3) is 0 Å². The summed E-state index contributed by atoms with van der Waals surface area (Å²) in [7, 11) is 0. The Morgan fingerprint density at radius 2 is 1.26 bits per heavy atom. The third-order valence-electron chi connectivity index (χ3n) is 10.9. The molecular formula is C43H78N6O13. The minimum absolute atomic E-state index is 0.0393. The minimum atomic E-state index is -1.68. The standard InChI is InChI=1S/C43H78N6O13/c1-5-6-7-8-9-10-11-12-13-14-15-16-17-18-19-23-34(52)45-26-21-20-22-32(42(58)59)48-35(53)25-24-31(39(44)55)49-40(56)28(2)46-41(57)29(3)61-38-36(47-30(4)51)43(60)62-33(27-50)37(38)54/h28-29,31-33,36-38,43,50,54,60H,5-27H2,1-4H3,(H2,44,55)(H,45,52)(H,46,57)(H,47,51)(H,48,53)(H,49,56)(H,58,59)/t28-,29+,31+,32-,33?,36?,37?,38?,43?/m0/s1. The maximum absolute atomic E-state index is 12.9. The smallest absolute Gasteiger partial charge is 0.326 e. The summed E-state index contributed by atoms with van der Waals surface area (Å²) in [5.74, 6) is -5.26. The van der Waals surface area contributed by atoms with Crippen LogP contribution in [0.5, 0.6) is 0 Å². The third kappa shape index (κ3) is 24.1. The molecule has 0 aromatic carbocycles. The van der Waals surface area contributed by atoms with Crippen molar-refractivity contribution >= 4 is 41.4 Å². The zero-order valence-corrected chi connectivity index (χ0v) is 37.5. The van der Waals surface area contributed by atoms with Crippen molar-refractivity contribution in [2.45, 2.75) is 217 Å². The van der Waals surface area contributed by atoms with Crippen LogP contribution in [0.4, 0.5) is 0 Å². The Morgan fingerprint density at radius 1 is 0.694 bits per heavy atom. The molecule has 1 aliphatic rings. The Hall–Kier alpha value is -3.91. The Kier molecular flexibility index (Phi) is 29.6. The van der Waals surface area contributed by atoms with E-state index in [-0.39, 0.29) is 25.2 Å². The highest BCUT2D eigenvalue weighted by Gasteiger charge is 2.47. The van der Waals surface area contributed by atoms with Gasteiger partial charge in [-0.1, -0.05) is 96.8 Å². The molecular weight excluding hydrogens is 809 g/mol. The van der Waals surface area contributed by atoms with Gasteiger partial charge >= 0.3 is 5.97 Å². The van der Waals surface area contributed by atoms with E-state index in [2.05, 4.69) is 33.5 Å². The van der Waals surface area contributed by atoms with Crippen LogP contribution in [0.3, 0.4) is 0 Å². The highest BCUT2D eigenvalue weighted by Crippen LogP contribution is 2.24. The number of unbranched alkanes of at least 4 members (excludes halogenated alkanes) is 15. The highest BCUT2D eigenvalue weighted by molar-refractivity contribution is 5.92. The molecule has 0 saturated carbocycles. The normalized spacial score (nSPS) is 20.5. The van der Waals surface area contributed by atoms with E-state index in [1.54, 1.807) is 0 Å². The van der Waals surface area contributed by atoms with Crippen LogP contribution in [0.25, 0.3) is 0 Å². The maximum atomic E-state index is 12.9. The van der Waals surface area contributed by atoms with E-state index in [1.807, 2.05) is 0 Å². The summed E-state index contributed by atoms with van der Waals surface area (Å²) in [6.07, 6.45) is 12.3. The van der Waals surface area contributed by atoms with Gasteiger partial charge in [0.2, 0.25) is 35.4 Å². The van der Waals surface area contributed by atoms with Crippen molar-refractivity contribution in [2.75, 3.05) is 13.2 Å². The number of aliphatic carboxylic acids is 1. The lowest BCUT2D eigenvalue weighted by Gasteiger charge is -2.43. The largest absolute Gasteiger partial charge is 0.480 e. The number of aliphatic hydroxyl groups is 3. The van der Waals surface area contributed by atoms with Crippen LogP contribution in [0.2, 0.25) is 0 Å². The topological polar surface area (TPSA) is 305 Å². The zero-order valence-electron chi connectivity index (χ0n) is 37.5. The molecule has 9 atom stereocenters. The number of hydrogen-bond donors (Lipinski definition) is 10. The number of hydrogen-bond acceptors (Lipinski definition) is 12. The van der Waals surface area contributed by atoms with Gasteiger partial charge in [-0.25, -0.2) is 4.79 Å². The lowest BCUT2D eigenvalue weighted by atomic mass is 9.96. The van der Waals surface area contributed by atoms with E-state index in [0.717, 1.165) is 26.2 Å². The molecule has 0 aromatic rings. The molecule has 1 fully saturated rings. The molecule has 1 heterocycles. The summed E-state index contributed by atoms with van der Waals surface area (Å²) in [4.78, 5) is 86.4. The minimum Gasteiger partial charge on any atom is -0.480 e. The van der Waals surface area contributed by atoms with Crippen LogP contribution in [-0.4, -0.2) is 130 Å². The first-order valence-corrected chi connectivity index (χ1v) is 22.8. The van der Waals surface area contributed by atoms with Crippen LogP contribution in [0.15, 0.2) is 0 Å².